The van der Waals surface area contributed by atoms with E-state index in [1.165, 1.54) is 0 Å². The Balaban J connectivity index is 2.87. The largest absolute Gasteiger partial charge is 0.390 e. The molecule has 0 fully saturated rings. The number of aliphatic hydroxyl groups is 2. The van der Waals surface area contributed by atoms with Crippen molar-refractivity contribution < 1.29 is 15.0 Å². The molecule has 0 radical (unpaired) electrons. The normalized spacial score (nSPS) is 14.5. The standard InChI is InChI=1S/C11H14BrNO3/c1-6-4-7(12)2-3-8(6)11(16)9(14)5-10(13)15/h2-4,9,11,14,16H,5H2,1H3,(H2,13,15). The first-order chi connectivity index (χ1) is 7.41. The first kappa shape index (κ1) is 13.2. The molecule has 0 bridgehead atoms. The minimum atomic E-state index is -1.17. The topological polar surface area (TPSA) is 83.6 Å². The van der Waals surface area contributed by atoms with Gasteiger partial charge in [0.25, 0.3) is 0 Å². The summed E-state index contributed by atoms with van der Waals surface area (Å²) in [5.74, 6) is -0.638. The van der Waals surface area contributed by atoms with Gasteiger partial charge in [0.05, 0.1) is 12.5 Å². The van der Waals surface area contributed by atoms with Crippen LogP contribution in [0.3, 0.4) is 0 Å². The third-order valence-electron chi connectivity index (χ3n) is 2.33. The van der Waals surface area contributed by atoms with Gasteiger partial charge in [0, 0.05) is 4.47 Å². The van der Waals surface area contributed by atoms with Crippen LogP contribution in [0.1, 0.15) is 23.7 Å². The summed E-state index contributed by atoms with van der Waals surface area (Å²) in [4.78, 5) is 10.6. The fourth-order valence-corrected chi connectivity index (χ4v) is 1.97. The van der Waals surface area contributed by atoms with E-state index in [4.69, 9.17) is 5.73 Å². The highest BCUT2D eigenvalue weighted by atomic mass is 79.9. The summed E-state index contributed by atoms with van der Waals surface area (Å²) in [6.45, 7) is 1.82. The van der Waals surface area contributed by atoms with Crippen LogP contribution in [-0.4, -0.2) is 22.2 Å². The smallest absolute Gasteiger partial charge is 0.220 e. The fourth-order valence-electron chi connectivity index (χ4n) is 1.50. The van der Waals surface area contributed by atoms with E-state index in [9.17, 15) is 15.0 Å². The Morgan fingerprint density at radius 1 is 1.50 bits per heavy atom. The van der Waals surface area contributed by atoms with Gasteiger partial charge in [-0.05, 0) is 30.2 Å². The summed E-state index contributed by atoms with van der Waals surface area (Å²) in [5, 5.41) is 19.4. The SMILES string of the molecule is Cc1cc(Br)ccc1C(O)C(O)CC(N)=O. The molecule has 0 heterocycles. The van der Waals surface area contributed by atoms with Gasteiger partial charge in [-0.25, -0.2) is 0 Å². The van der Waals surface area contributed by atoms with Crippen molar-refractivity contribution in [3.63, 3.8) is 0 Å². The van der Waals surface area contributed by atoms with Crippen molar-refractivity contribution >= 4 is 21.8 Å². The van der Waals surface area contributed by atoms with Crippen molar-refractivity contribution in [1.29, 1.82) is 0 Å². The summed E-state index contributed by atoms with van der Waals surface area (Å²) in [6.07, 6.45) is -2.52. The number of aryl methyl sites for hydroxylation is 1. The second kappa shape index (κ2) is 5.43. The van der Waals surface area contributed by atoms with E-state index in [-0.39, 0.29) is 6.42 Å². The number of carbonyl (C=O) groups excluding carboxylic acids is 1. The van der Waals surface area contributed by atoms with Gasteiger partial charge in [0.15, 0.2) is 0 Å². The van der Waals surface area contributed by atoms with E-state index in [1.807, 2.05) is 13.0 Å². The van der Waals surface area contributed by atoms with Crippen LogP contribution in [0.2, 0.25) is 0 Å². The lowest BCUT2D eigenvalue weighted by Crippen LogP contribution is -2.26. The number of benzene rings is 1. The molecule has 1 aromatic carbocycles. The molecule has 4 N–H and O–H groups in total. The molecule has 1 rings (SSSR count). The monoisotopic (exact) mass is 287 g/mol. The van der Waals surface area contributed by atoms with Gasteiger partial charge in [-0.1, -0.05) is 22.0 Å². The van der Waals surface area contributed by atoms with E-state index in [2.05, 4.69) is 15.9 Å². The first-order valence-electron chi connectivity index (χ1n) is 4.82. The molecule has 1 amide bonds. The zero-order valence-electron chi connectivity index (χ0n) is 8.85. The average Bonchev–Trinajstić information content (AvgIpc) is 2.15. The molecule has 0 aliphatic heterocycles. The Morgan fingerprint density at radius 3 is 2.62 bits per heavy atom. The number of hydrogen-bond acceptors (Lipinski definition) is 3. The van der Waals surface area contributed by atoms with Crippen molar-refractivity contribution in [2.24, 2.45) is 5.73 Å². The van der Waals surface area contributed by atoms with Crippen LogP contribution in [0, 0.1) is 6.92 Å². The molecular weight excluding hydrogens is 274 g/mol. The fraction of sp³-hybridized carbons (Fsp3) is 0.364. The molecule has 88 valence electrons. The summed E-state index contributed by atoms with van der Waals surface area (Å²) in [7, 11) is 0. The van der Waals surface area contributed by atoms with Crippen LogP contribution in [0.5, 0.6) is 0 Å². The Labute approximate surface area is 102 Å². The highest BCUT2D eigenvalue weighted by Crippen LogP contribution is 2.24. The van der Waals surface area contributed by atoms with Crippen molar-refractivity contribution in [3.8, 4) is 0 Å². The first-order valence-corrected chi connectivity index (χ1v) is 5.61. The zero-order valence-corrected chi connectivity index (χ0v) is 10.4. The molecular formula is C11H14BrNO3. The molecule has 5 heteroatoms. The highest BCUT2D eigenvalue weighted by Gasteiger charge is 2.21. The number of rotatable bonds is 4. The molecule has 0 saturated carbocycles. The molecule has 0 aliphatic carbocycles. The minimum absolute atomic E-state index is 0.253. The van der Waals surface area contributed by atoms with Crippen molar-refractivity contribution in [2.45, 2.75) is 25.6 Å². The molecule has 0 aromatic heterocycles. The molecule has 1 aromatic rings. The summed E-state index contributed by atoms with van der Waals surface area (Å²) < 4.78 is 0.894. The number of hydrogen-bond donors (Lipinski definition) is 3. The van der Waals surface area contributed by atoms with Crippen molar-refractivity contribution in [2.75, 3.05) is 0 Å². The maximum absolute atomic E-state index is 10.6. The highest BCUT2D eigenvalue weighted by molar-refractivity contribution is 9.10. The van der Waals surface area contributed by atoms with Crippen molar-refractivity contribution in [3.05, 3.63) is 33.8 Å². The molecule has 0 spiro atoms. The van der Waals surface area contributed by atoms with Gasteiger partial charge in [-0.3, -0.25) is 4.79 Å². The summed E-state index contributed by atoms with van der Waals surface area (Å²) >= 11 is 3.30. The Morgan fingerprint density at radius 2 is 2.12 bits per heavy atom. The van der Waals surface area contributed by atoms with Crippen LogP contribution in [0.4, 0.5) is 0 Å². The Hall–Kier alpha value is -0.910. The van der Waals surface area contributed by atoms with Crippen LogP contribution < -0.4 is 5.73 Å². The van der Waals surface area contributed by atoms with E-state index >= 15 is 0 Å². The van der Waals surface area contributed by atoms with Crippen LogP contribution in [0.25, 0.3) is 0 Å². The Bertz CT molecular complexity index is 395. The van der Waals surface area contributed by atoms with E-state index in [1.54, 1.807) is 12.1 Å². The number of amides is 1. The van der Waals surface area contributed by atoms with E-state index < -0.39 is 18.1 Å². The summed E-state index contributed by atoms with van der Waals surface area (Å²) in [5.41, 5.74) is 6.39. The van der Waals surface area contributed by atoms with Gasteiger partial charge in [-0.15, -0.1) is 0 Å². The minimum Gasteiger partial charge on any atom is -0.390 e. The lowest BCUT2D eigenvalue weighted by Gasteiger charge is -2.18. The lowest BCUT2D eigenvalue weighted by atomic mass is 9.98. The maximum atomic E-state index is 10.6. The zero-order chi connectivity index (χ0) is 12.3. The maximum Gasteiger partial charge on any atom is 0.220 e. The summed E-state index contributed by atoms with van der Waals surface area (Å²) in [6, 6.07) is 5.30. The quantitative estimate of drug-likeness (QED) is 0.773. The predicted octanol–water partition coefficient (Wildman–Crippen LogP) is 1.03. The third-order valence-corrected chi connectivity index (χ3v) is 2.82. The van der Waals surface area contributed by atoms with E-state index in [0.717, 1.165) is 10.0 Å². The van der Waals surface area contributed by atoms with Gasteiger partial charge >= 0.3 is 0 Å². The molecule has 16 heavy (non-hydrogen) atoms. The van der Waals surface area contributed by atoms with Crippen LogP contribution in [-0.2, 0) is 4.79 Å². The lowest BCUT2D eigenvalue weighted by molar-refractivity contribution is -0.121. The predicted molar refractivity (Wildman–Crippen MR) is 63.7 cm³/mol. The van der Waals surface area contributed by atoms with Gasteiger partial charge in [0.1, 0.15) is 6.10 Å². The molecule has 2 unspecified atom stereocenters. The molecule has 4 nitrogen and oxygen atoms in total. The molecule has 2 atom stereocenters. The number of aliphatic hydroxyl groups excluding tert-OH is 2. The van der Waals surface area contributed by atoms with E-state index in [0.29, 0.717) is 5.56 Å². The molecule has 0 saturated heterocycles. The van der Waals surface area contributed by atoms with Gasteiger partial charge < -0.3 is 15.9 Å². The van der Waals surface area contributed by atoms with Crippen molar-refractivity contribution in [1.82, 2.24) is 0 Å². The third kappa shape index (κ3) is 3.30. The van der Waals surface area contributed by atoms with Gasteiger partial charge in [-0.2, -0.15) is 0 Å². The number of primary amides is 1. The Kier molecular flexibility index (Phi) is 4.46. The van der Waals surface area contributed by atoms with Crippen LogP contribution in [0.15, 0.2) is 22.7 Å². The second-order valence-electron chi connectivity index (χ2n) is 3.68. The number of carbonyl (C=O) groups is 1. The number of nitrogens with two attached hydrogens (primary N) is 1. The van der Waals surface area contributed by atoms with Crippen LogP contribution >= 0.6 is 15.9 Å². The molecule has 0 aliphatic rings. The van der Waals surface area contributed by atoms with Gasteiger partial charge in [0.2, 0.25) is 5.91 Å². The average molecular weight is 288 g/mol. The second-order valence-corrected chi connectivity index (χ2v) is 4.60. The number of halogens is 1.